The van der Waals surface area contributed by atoms with Crippen molar-refractivity contribution in [2.75, 3.05) is 18.9 Å². The second kappa shape index (κ2) is 5.63. The normalized spacial score (nSPS) is 30.3. The topological polar surface area (TPSA) is 154 Å². The third-order valence-electron chi connectivity index (χ3n) is 4.00. The van der Waals surface area contributed by atoms with E-state index < -0.39 is 24.0 Å². The van der Waals surface area contributed by atoms with Gasteiger partial charge in [-0.1, -0.05) is 5.11 Å². The molecule has 0 spiro atoms. The number of anilines is 1. The average Bonchev–Trinajstić information content (AvgIpc) is 3.06. The maximum absolute atomic E-state index is 10.5. The molecule has 11 heteroatoms. The van der Waals surface area contributed by atoms with Crippen LogP contribution in [-0.2, 0) is 4.74 Å². The van der Waals surface area contributed by atoms with Crippen molar-refractivity contribution in [1.82, 2.24) is 19.5 Å². The number of nitrogens with zero attached hydrogens (tertiary/aromatic N) is 7. The maximum atomic E-state index is 10.5. The van der Waals surface area contributed by atoms with Crippen molar-refractivity contribution in [1.29, 1.82) is 0 Å². The van der Waals surface area contributed by atoms with Crippen molar-refractivity contribution < 1.29 is 14.9 Å². The monoisotopic (exact) mass is 320 g/mol. The van der Waals surface area contributed by atoms with E-state index in [4.69, 9.17) is 10.3 Å². The maximum Gasteiger partial charge on any atom is 0.167 e. The minimum atomic E-state index is -1.58. The highest BCUT2D eigenvalue weighted by Gasteiger charge is 2.52. The van der Waals surface area contributed by atoms with Crippen molar-refractivity contribution in [3.05, 3.63) is 23.1 Å². The van der Waals surface area contributed by atoms with Crippen LogP contribution in [0.4, 0.5) is 5.82 Å². The van der Waals surface area contributed by atoms with Gasteiger partial charge in [-0.15, -0.1) is 0 Å². The van der Waals surface area contributed by atoms with Gasteiger partial charge < -0.3 is 20.3 Å². The highest BCUT2D eigenvalue weighted by molar-refractivity contribution is 5.82. The van der Waals surface area contributed by atoms with E-state index in [0.29, 0.717) is 17.0 Å². The summed E-state index contributed by atoms with van der Waals surface area (Å²) in [4.78, 5) is 15.1. The molecule has 3 rings (SSSR count). The lowest BCUT2D eigenvalue weighted by atomic mass is 9.94. The first-order valence-electron chi connectivity index (χ1n) is 6.92. The van der Waals surface area contributed by atoms with Crippen LogP contribution in [-0.4, -0.2) is 61.1 Å². The van der Waals surface area contributed by atoms with E-state index >= 15 is 0 Å². The van der Waals surface area contributed by atoms with E-state index in [1.54, 1.807) is 7.05 Å². The quantitative estimate of drug-likeness (QED) is 0.412. The minimum Gasteiger partial charge on any atom is -0.385 e. The van der Waals surface area contributed by atoms with Crippen molar-refractivity contribution in [3.63, 3.8) is 0 Å². The molecule has 0 bridgehead atoms. The Kier molecular flexibility index (Phi) is 3.78. The first kappa shape index (κ1) is 15.4. The zero-order valence-electron chi connectivity index (χ0n) is 12.5. The van der Waals surface area contributed by atoms with Gasteiger partial charge in [-0.05, 0) is 12.5 Å². The number of azide groups is 1. The Morgan fingerprint density at radius 3 is 3.00 bits per heavy atom. The molecule has 1 fully saturated rings. The number of nitrogens with one attached hydrogen (secondary N) is 1. The molecule has 0 radical (unpaired) electrons. The standard InChI is InChI=1S/C12H16N8O3/c1-12(22)6(3-18-19-13)23-11(8(12)21)20-5-17-7-9(14-2)15-4-16-10(7)20/h4-6,8,11,21-22H,3H2,1-2H3,(H,14,15,16)/t6-,8+,11-,12+/m1/s1. The van der Waals surface area contributed by atoms with Gasteiger partial charge in [-0.2, -0.15) is 0 Å². The smallest absolute Gasteiger partial charge is 0.167 e. The molecule has 2 aromatic rings. The van der Waals surface area contributed by atoms with Crippen LogP contribution in [0.2, 0.25) is 0 Å². The van der Waals surface area contributed by atoms with Gasteiger partial charge in [-0.3, -0.25) is 4.57 Å². The molecule has 0 aliphatic carbocycles. The highest BCUT2D eigenvalue weighted by atomic mass is 16.6. The van der Waals surface area contributed by atoms with E-state index in [2.05, 4.69) is 30.3 Å². The largest absolute Gasteiger partial charge is 0.385 e. The van der Waals surface area contributed by atoms with E-state index in [1.165, 1.54) is 24.1 Å². The Labute approximate surface area is 130 Å². The van der Waals surface area contributed by atoms with Gasteiger partial charge in [0, 0.05) is 12.0 Å². The Balaban J connectivity index is 2.01. The predicted molar refractivity (Wildman–Crippen MR) is 79.4 cm³/mol. The van der Waals surface area contributed by atoms with Crippen molar-refractivity contribution >= 4 is 17.0 Å². The summed E-state index contributed by atoms with van der Waals surface area (Å²) in [5.74, 6) is 0.540. The van der Waals surface area contributed by atoms with E-state index in [-0.39, 0.29) is 6.54 Å². The van der Waals surface area contributed by atoms with Gasteiger partial charge in [-0.25, -0.2) is 15.0 Å². The Morgan fingerprint density at radius 1 is 1.52 bits per heavy atom. The molecular formula is C12H16N8O3. The number of hydrogen-bond donors (Lipinski definition) is 3. The number of aliphatic hydroxyl groups is 2. The van der Waals surface area contributed by atoms with Gasteiger partial charge in [0.1, 0.15) is 23.5 Å². The van der Waals surface area contributed by atoms with Crippen LogP contribution in [0.3, 0.4) is 0 Å². The third-order valence-corrected chi connectivity index (χ3v) is 4.00. The Morgan fingerprint density at radius 2 is 2.30 bits per heavy atom. The lowest BCUT2D eigenvalue weighted by Crippen LogP contribution is -2.45. The molecule has 11 nitrogen and oxygen atoms in total. The summed E-state index contributed by atoms with van der Waals surface area (Å²) in [7, 11) is 1.71. The molecule has 0 saturated carbocycles. The molecule has 0 aromatic carbocycles. The van der Waals surface area contributed by atoms with Crippen molar-refractivity contribution in [3.8, 4) is 0 Å². The minimum absolute atomic E-state index is 0.0968. The first-order valence-corrected chi connectivity index (χ1v) is 6.92. The van der Waals surface area contributed by atoms with Crippen LogP contribution in [0.25, 0.3) is 21.6 Å². The lowest BCUT2D eigenvalue weighted by Gasteiger charge is -2.25. The van der Waals surface area contributed by atoms with Crippen LogP contribution >= 0.6 is 0 Å². The summed E-state index contributed by atoms with van der Waals surface area (Å²) in [5, 5.41) is 27.2. The van der Waals surface area contributed by atoms with E-state index in [1.807, 2.05) is 0 Å². The van der Waals surface area contributed by atoms with Crippen molar-refractivity contribution in [2.45, 2.75) is 31.0 Å². The van der Waals surface area contributed by atoms with Gasteiger partial charge in [0.2, 0.25) is 0 Å². The van der Waals surface area contributed by atoms with Crippen LogP contribution in [0.5, 0.6) is 0 Å². The number of fused-ring (bicyclic) bond motifs is 1. The molecule has 0 amide bonds. The van der Waals surface area contributed by atoms with Gasteiger partial charge in [0.15, 0.2) is 17.7 Å². The molecule has 3 N–H and O–H groups in total. The highest BCUT2D eigenvalue weighted by Crippen LogP contribution is 2.38. The van der Waals surface area contributed by atoms with Crippen LogP contribution in [0.15, 0.2) is 17.8 Å². The Hall–Kier alpha value is -2.46. The van der Waals surface area contributed by atoms with Crippen LogP contribution in [0.1, 0.15) is 13.2 Å². The zero-order chi connectivity index (χ0) is 16.6. The Bertz CT molecular complexity index is 769. The lowest BCUT2D eigenvalue weighted by molar-refractivity contribution is -0.0600. The number of imidazole rings is 1. The average molecular weight is 320 g/mol. The number of aromatic nitrogens is 4. The molecule has 2 aromatic heterocycles. The molecule has 23 heavy (non-hydrogen) atoms. The first-order chi connectivity index (χ1) is 11.0. The second-order valence-corrected chi connectivity index (χ2v) is 5.40. The third kappa shape index (κ3) is 2.35. The van der Waals surface area contributed by atoms with Crippen LogP contribution < -0.4 is 5.32 Å². The molecular weight excluding hydrogens is 304 g/mol. The molecule has 0 unspecified atom stereocenters. The SMILES string of the molecule is CNc1ncnc2c1ncn2[C@@H]1O[C@H](CN=[N+]=[N-])[C@](C)(O)[C@H]1O. The summed E-state index contributed by atoms with van der Waals surface area (Å²) in [6.45, 7) is 1.34. The van der Waals surface area contributed by atoms with Gasteiger partial charge in [0.25, 0.3) is 0 Å². The molecule has 3 heterocycles. The summed E-state index contributed by atoms with van der Waals surface area (Å²) in [6, 6.07) is 0. The van der Waals surface area contributed by atoms with E-state index in [9.17, 15) is 10.2 Å². The molecule has 1 aliphatic rings. The molecule has 4 atom stereocenters. The fraction of sp³-hybridized carbons (Fsp3) is 0.583. The zero-order valence-corrected chi connectivity index (χ0v) is 12.5. The van der Waals surface area contributed by atoms with E-state index in [0.717, 1.165) is 0 Å². The number of rotatable bonds is 4. The number of hydrogen-bond acceptors (Lipinski definition) is 8. The number of ether oxygens (including phenoxy) is 1. The second-order valence-electron chi connectivity index (χ2n) is 5.40. The molecule has 1 aliphatic heterocycles. The van der Waals surface area contributed by atoms with Crippen LogP contribution in [0, 0.1) is 0 Å². The van der Waals surface area contributed by atoms with Crippen molar-refractivity contribution in [2.24, 2.45) is 5.11 Å². The predicted octanol–water partition coefficient (Wildman–Crippen LogP) is 0.188. The number of aliphatic hydroxyl groups excluding tert-OH is 1. The summed E-state index contributed by atoms with van der Waals surface area (Å²) >= 11 is 0. The molecule has 1 saturated heterocycles. The fourth-order valence-corrected chi connectivity index (χ4v) is 2.64. The fourth-order valence-electron chi connectivity index (χ4n) is 2.64. The molecule has 122 valence electrons. The summed E-state index contributed by atoms with van der Waals surface area (Å²) < 4.78 is 7.22. The van der Waals surface area contributed by atoms with Gasteiger partial charge >= 0.3 is 0 Å². The summed E-state index contributed by atoms with van der Waals surface area (Å²) in [6.07, 6.45) is -0.176. The van der Waals surface area contributed by atoms with Gasteiger partial charge in [0.05, 0.1) is 19.0 Å². The summed E-state index contributed by atoms with van der Waals surface area (Å²) in [5.41, 5.74) is 7.83.